The maximum absolute atomic E-state index is 5.40. The molecule has 2 aliphatic heterocycles. The summed E-state index contributed by atoms with van der Waals surface area (Å²) in [5.74, 6) is 0.814. The Morgan fingerprint density at radius 3 is 2.75 bits per heavy atom. The van der Waals surface area contributed by atoms with Gasteiger partial charge in [-0.15, -0.1) is 0 Å². The van der Waals surface area contributed by atoms with Crippen LogP contribution in [0.25, 0.3) is 0 Å². The van der Waals surface area contributed by atoms with E-state index in [2.05, 4.69) is 29.2 Å². The smallest absolute Gasteiger partial charge is 0.0594 e. The van der Waals surface area contributed by atoms with Gasteiger partial charge in [-0.3, -0.25) is 4.90 Å². The summed E-state index contributed by atoms with van der Waals surface area (Å²) in [5.41, 5.74) is 0. The Balaban J connectivity index is 1.85. The van der Waals surface area contributed by atoms with Crippen LogP contribution in [-0.2, 0) is 4.74 Å². The molecular weight excluding hydrogens is 202 g/mol. The van der Waals surface area contributed by atoms with Crippen molar-refractivity contribution in [2.45, 2.75) is 12.5 Å². The third-order valence-electron chi connectivity index (χ3n) is 3.85. The lowest BCUT2D eigenvalue weighted by Crippen LogP contribution is -2.52. The largest absolute Gasteiger partial charge is 0.379 e. The monoisotopic (exact) mass is 227 g/mol. The van der Waals surface area contributed by atoms with E-state index >= 15 is 0 Å². The Bertz CT molecular complexity index is 204. The molecule has 2 fully saturated rings. The van der Waals surface area contributed by atoms with Gasteiger partial charge in [-0.2, -0.15) is 0 Å². The lowest BCUT2D eigenvalue weighted by Gasteiger charge is -2.40. The molecule has 2 saturated heterocycles. The number of rotatable bonds is 3. The molecular formula is C12H25N3O. The quantitative estimate of drug-likeness (QED) is 0.726. The standard InChI is InChI=1S/C12H25N3O/c1-14(2)12-9-13-4-3-11(12)10-15-5-7-16-8-6-15/h11-13H,3-10H2,1-2H3. The van der Waals surface area contributed by atoms with Crippen molar-refractivity contribution in [3.05, 3.63) is 0 Å². The minimum Gasteiger partial charge on any atom is -0.379 e. The van der Waals surface area contributed by atoms with Gasteiger partial charge >= 0.3 is 0 Å². The van der Waals surface area contributed by atoms with Gasteiger partial charge < -0.3 is 15.0 Å². The van der Waals surface area contributed by atoms with E-state index in [-0.39, 0.29) is 0 Å². The van der Waals surface area contributed by atoms with E-state index in [1.54, 1.807) is 0 Å². The summed E-state index contributed by atoms with van der Waals surface area (Å²) in [7, 11) is 4.40. The molecule has 0 bridgehead atoms. The maximum Gasteiger partial charge on any atom is 0.0594 e. The van der Waals surface area contributed by atoms with Gasteiger partial charge in [-0.25, -0.2) is 0 Å². The van der Waals surface area contributed by atoms with Crippen LogP contribution in [0, 0.1) is 5.92 Å². The second-order valence-corrected chi connectivity index (χ2v) is 5.20. The third kappa shape index (κ3) is 3.17. The van der Waals surface area contributed by atoms with Gasteiger partial charge in [0.05, 0.1) is 13.2 Å². The number of nitrogens with one attached hydrogen (secondary N) is 1. The second kappa shape index (κ2) is 5.96. The molecule has 0 saturated carbocycles. The highest BCUT2D eigenvalue weighted by Crippen LogP contribution is 2.18. The Morgan fingerprint density at radius 1 is 1.31 bits per heavy atom. The third-order valence-corrected chi connectivity index (χ3v) is 3.85. The van der Waals surface area contributed by atoms with Crippen LogP contribution in [0.15, 0.2) is 0 Å². The molecule has 2 aliphatic rings. The lowest BCUT2D eigenvalue weighted by molar-refractivity contribution is 0.0193. The van der Waals surface area contributed by atoms with Gasteiger partial charge in [0.15, 0.2) is 0 Å². The van der Waals surface area contributed by atoms with E-state index < -0.39 is 0 Å². The first kappa shape index (κ1) is 12.3. The van der Waals surface area contributed by atoms with E-state index in [4.69, 9.17) is 4.74 Å². The molecule has 2 rings (SSSR count). The molecule has 0 radical (unpaired) electrons. The first-order valence-corrected chi connectivity index (χ1v) is 6.44. The molecule has 2 unspecified atom stereocenters. The second-order valence-electron chi connectivity index (χ2n) is 5.20. The van der Waals surface area contributed by atoms with Crippen LogP contribution in [0.4, 0.5) is 0 Å². The van der Waals surface area contributed by atoms with Gasteiger partial charge in [-0.05, 0) is 33.0 Å². The van der Waals surface area contributed by atoms with E-state index in [1.807, 2.05) is 0 Å². The Labute approximate surface area is 98.9 Å². The molecule has 0 spiro atoms. The number of hydrogen-bond acceptors (Lipinski definition) is 4. The highest BCUT2D eigenvalue weighted by Gasteiger charge is 2.28. The van der Waals surface area contributed by atoms with Crippen LogP contribution in [0.3, 0.4) is 0 Å². The van der Waals surface area contributed by atoms with Crippen molar-refractivity contribution in [3.8, 4) is 0 Å². The molecule has 2 heterocycles. The highest BCUT2D eigenvalue weighted by molar-refractivity contribution is 4.85. The fraction of sp³-hybridized carbons (Fsp3) is 1.00. The zero-order valence-electron chi connectivity index (χ0n) is 10.6. The Kier molecular flexibility index (Phi) is 4.58. The number of piperidine rings is 1. The minimum atomic E-state index is 0.691. The fourth-order valence-electron chi connectivity index (χ4n) is 2.83. The summed E-state index contributed by atoms with van der Waals surface area (Å²) in [5, 5.41) is 3.50. The van der Waals surface area contributed by atoms with E-state index in [0.29, 0.717) is 6.04 Å². The molecule has 94 valence electrons. The Hall–Kier alpha value is -0.160. The Morgan fingerprint density at radius 2 is 2.06 bits per heavy atom. The number of nitrogens with zero attached hydrogens (tertiary/aromatic N) is 2. The summed E-state index contributed by atoms with van der Waals surface area (Å²) < 4.78 is 5.40. The predicted octanol–water partition coefficient (Wildman–Crippen LogP) is -0.142. The van der Waals surface area contributed by atoms with Crippen LogP contribution in [0.5, 0.6) is 0 Å². The van der Waals surface area contributed by atoms with Crippen LogP contribution in [0.1, 0.15) is 6.42 Å². The molecule has 0 aliphatic carbocycles. The van der Waals surface area contributed by atoms with Crippen molar-refractivity contribution >= 4 is 0 Å². The summed E-state index contributed by atoms with van der Waals surface area (Å²) in [4.78, 5) is 4.94. The zero-order chi connectivity index (χ0) is 11.4. The molecule has 2 atom stereocenters. The van der Waals surface area contributed by atoms with E-state index in [1.165, 1.54) is 19.5 Å². The average Bonchev–Trinajstić information content (AvgIpc) is 2.31. The molecule has 16 heavy (non-hydrogen) atoms. The molecule has 0 amide bonds. The SMILES string of the molecule is CN(C)C1CNCCC1CN1CCOCC1. The van der Waals surface area contributed by atoms with Crippen LogP contribution < -0.4 is 5.32 Å². The molecule has 1 N–H and O–H groups in total. The topological polar surface area (TPSA) is 27.7 Å². The molecule has 0 aromatic rings. The first-order chi connectivity index (χ1) is 7.77. The lowest BCUT2D eigenvalue weighted by atomic mass is 9.91. The normalized spacial score (nSPS) is 33.2. The number of morpholine rings is 1. The van der Waals surface area contributed by atoms with Crippen molar-refractivity contribution < 1.29 is 4.74 Å². The maximum atomic E-state index is 5.40. The van der Waals surface area contributed by atoms with Crippen molar-refractivity contribution in [1.82, 2.24) is 15.1 Å². The summed E-state index contributed by atoms with van der Waals surface area (Å²) in [6.45, 7) is 7.62. The predicted molar refractivity (Wildman–Crippen MR) is 65.7 cm³/mol. The van der Waals surface area contributed by atoms with Crippen molar-refractivity contribution in [2.24, 2.45) is 5.92 Å². The van der Waals surface area contributed by atoms with Crippen LogP contribution in [0.2, 0.25) is 0 Å². The molecule has 0 aromatic heterocycles. The van der Waals surface area contributed by atoms with E-state index in [9.17, 15) is 0 Å². The average molecular weight is 227 g/mol. The summed E-state index contributed by atoms with van der Waals surface area (Å²) in [6.07, 6.45) is 1.31. The van der Waals surface area contributed by atoms with Crippen molar-refractivity contribution in [1.29, 1.82) is 0 Å². The number of hydrogen-bond donors (Lipinski definition) is 1. The van der Waals surface area contributed by atoms with Gasteiger partial charge in [0, 0.05) is 32.2 Å². The molecule has 0 aromatic carbocycles. The van der Waals surface area contributed by atoms with Gasteiger partial charge in [-0.1, -0.05) is 0 Å². The molecule has 4 heteroatoms. The minimum absolute atomic E-state index is 0.691. The van der Waals surface area contributed by atoms with Gasteiger partial charge in [0.2, 0.25) is 0 Å². The van der Waals surface area contributed by atoms with Crippen LogP contribution >= 0.6 is 0 Å². The highest BCUT2D eigenvalue weighted by atomic mass is 16.5. The zero-order valence-corrected chi connectivity index (χ0v) is 10.6. The van der Waals surface area contributed by atoms with Gasteiger partial charge in [0.1, 0.15) is 0 Å². The van der Waals surface area contributed by atoms with Gasteiger partial charge in [0.25, 0.3) is 0 Å². The van der Waals surface area contributed by atoms with Crippen molar-refractivity contribution in [3.63, 3.8) is 0 Å². The summed E-state index contributed by atoms with van der Waals surface area (Å²) in [6, 6.07) is 0.691. The number of likely N-dealkylation sites (N-methyl/N-ethyl adjacent to an activating group) is 1. The fourth-order valence-corrected chi connectivity index (χ4v) is 2.83. The first-order valence-electron chi connectivity index (χ1n) is 6.44. The van der Waals surface area contributed by atoms with Crippen LogP contribution in [-0.4, -0.2) is 75.9 Å². The van der Waals surface area contributed by atoms with E-state index in [0.717, 1.165) is 38.8 Å². The molecule has 4 nitrogen and oxygen atoms in total. The number of ether oxygens (including phenoxy) is 1. The summed E-state index contributed by atoms with van der Waals surface area (Å²) >= 11 is 0. The van der Waals surface area contributed by atoms with Crippen molar-refractivity contribution in [2.75, 3.05) is 60.0 Å².